The van der Waals surface area contributed by atoms with Gasteiger partial charge < -0.3 is 4.74 Å². The maximum Gasteiger partial charge on any atom is 0.320 e. The van der Waals surface area contributed by atoms with Crippen LogP contribution in [0, 0.1) is 5.92 Å². The van der Waals surface area contributed by atoms with Gasteiger partial charge in [0.05, 0.1) is 13.2 Å². The highest BCUT2D eigenvalue weighted by atomic mass is 16.5. The zero-order valence-electron chi connectivity index (χ0n) is 9.88. The second-order valence-corrected chi connectivity index (χ2v) is 3.90. The molecule has 0 N–H and O–H groups in total. The van der Waals surface area contributed by atoms with E-state index in [2.05, 4.69) is 13.8 Å². The first-order valence-corrected chi connectivity index (χ1v) is 5.44. The number of hydrogen-bond donors (Lipinski definition) is 0. The SMILES string of the molecule is CCCC(C)CN(C)CC(=O)OCC. The van der Waals surface area contributed by atoms with Gasteiger partial charge in [0, 0.05) is 6.54 Å². The first kappa shape index (κ1) is 13.4. The Morgan fingerprint density at radius 2 is 2.07 bits per heavy atom. The largest absolute Gasteiger partial charge is 0.465 e. The number of carbonyl (C=O) groups excluding carboxylic acids is 1. The smallest absolute Gasteiger partial charge is 0.320 e. The van der Waals surface area contributed by atoms with E-state index in [1.807, 2.05) is 18.9 Å². The second kappa shape index (κ2) is 7.80. The molecule has 0 heterocycles. The topological polar surface area (TPSA) is 29.5 Å². The zero-order chi connectivity index (χ0) is 11.0. The van der Waals surface area contributed by atoms with Gasteiger partial charge in [-0.05, 0) is 26.3 Å². The molecule has 1 atom stereocenters. The minimum atomic E-state index is -0.126. The van der Waals surface area contributed by atoms with Gasteiger partial charge in [-0.15, -0.1) is 0 Å². The number of nitrogens with zero attached hydrogens (tertiary/aromatic N) is 1. The Morgan fingerprint density at radius 1 is 1.43 bits per heavy atom. The van der Waals surface area contributed by atoms with E-state index in [0.29, 0.717) is 19.1 Å². The molecule has 0 saturated heterocycles. The van der Waals surface area contributed by atoms with Gasteiger partial charge >= 0.3 is 5.97 Å². The molecule has 0 aromatic carbocycles. The summed E-state index contributed by atoms with van der Waals surface area (Å²) in [5, 5.41) is 0. The maximum absolute atomic E-state index is 11.1. The molecular weight excluding hydrogens is 178 g/mol. The molecular formula is C11H23NO2. The van der Waals surface area contributed by atoms with Crippen molar-refractivity contribution in [3.05, 3.63) is 0 Å². The monoisotopic (exact) mass is 201 g/mol. The maximum atomic E-state index is 11.1. The summed E-state index contributed by atoms with van der Waals surface area (Å²) in [4.78, 5) is 13.2. The van der Waals surface area contributed by atoms with Crippen molar-refractivity contribution in [2.75, 3.05) is 26.7 Å². The van der Waals surface area contributed by atoms with Crippen molar-refractivity contribution in [3.63, 3.8) is 0 Å². The third kappa shape index (κ3) is 6.89. The zero-order valence-corrected chi connectivity index (χ0v) is 9.88. The fourth-order valence-corrected chi connectivity index (χ4v) is 1.61. The molecule has 84 valence electrons. The fraction of sp³-hybridized carbons (Fsp3) is 0.909. The molecule has 0 aliphatic carbocycles. The molecule has 0 bridgehead atoms. The lowest BCUT2D eigenvalue weighted by Gasteiger charge is -2.19. The molecule has 1 unspecified atom stereocenters. The Kier molecular flexibility index (Phi) is 7.48. The molecule has 0 spiro atoms. The summed E-state index contributed by atoms with van der Waals surface area (Å²) in [5.74, 6) is 0.526. The number of hydrogen-bond acceptors (Lipinski definition) is 3. The van der Waals surface area contributed by atoms with Gasteiger partial charge in [-0.2, -0.15) is 0 Å². The molecule has 0 saturated carbocycles. The number of likely N-dealkylation sites (N-methyl/N-ethyl adjacent to an activating group) is 1. The number of carbonyl (C=O) groups is 1. The molecule has 14 heavy (non-hydrogen) atoms. The summed E-state index contributed by atoms with van der Waals surface area (Å²) in [6.45, 7) is 8.07. The normalized spacial score (nSPS) is 12.9. The van der Waals surface area contributed by atoms with Crippen molar-refractivity contribution in [1.82, 2.24) is 4.90 Å². The third-order valence-corrected chi connectivity index (χ3v) is 2.11. The average Bonchev–Trinajstić information content (AvgIpc) is 2.03. The highest BCUT2D eigenvalue weighted by molar-refractivity contribution is 5.71. The molecule has 3 nitrogen and oxygen atoms in total. The van der Waals surface area contributed by atoms with Crippen molar-refractivity contribution >= 4 is 5.97 Å². The molecule has 0 aliphatic rings. The fourth-order valence-electron chi connectivity index (χ4n) is 1.61. The molecule has 0 radical (unpaired) electrons. The molecule has 0 fully saturated rings. The summed E-state index contributed by atoms with van der Waals surface area (Å²) in [7, 11) is 1.96. The highest BCUT2D eigenvalue weighted by Crippen LogP contribution is 2.06. The lowest BCUT2D eigenvalue weighted by atomic mass is 10.1. The van der Waals surface area contributed by atoms with Crippen LogP contribution in [0.1, 0.15) is 33.6 Å². The van der Waals surface area contributed by atoms with Crippen molar-refractivity contribution in [3.8, 4) is 0 Å². The second-order valence-electron chi connectivity index (χ2n) is 3.90. The first-order valence-electron chi connectivity index (χ1n) is 5.44. The van der Waals surface area contributed by atoms with Gasteiger partial charge in [0.15, 0.2) is 0 Å². The molecule has 0 aliphatic heterocycles. The molecule has 0 amide bonds. The third-order valence-electron chi connectivity index (χ3n) is 2.11. The summed E-state index contributed by atoms with van der Waals surface area (Å²) in [6.07, 6.45) is 2.42. The van der Waals surface area contributed by atoms with E-state index < -0.39 is 0 Å². The predicted molar refractivity (Wildman–Crippen MR) is 58.2 cm³/mol. The quantitative estimate of drug-likeness (QED) is 0.589. The summed E-state index contributed by atoms with van der Waals surface area (Å²) in [5.41, 5.74) is 0. The van der Waals surface area contributed by atoms with Crippen LogP contribution < -0.4 is 0 Å². The summed E-state index contributed by atoms with van der Waals surface area (Å²) >= 11 is 0. The molecule has 0 rings (SSSR count). The Bertz CT molecular complexity index is 159. The molecule has 0 aromatic rings. The Balaban J connectivity index is 3.63. The predicted octanol–water partition coefficient (Wildman–Crippen LogP) is 1.92. The van der Waals surface area contributed by atoms with Crippen LogP contribution in [0.5, 0.6) is 0 Å². The van der Waals surface area contributed by atoms with Crippen LogP contribution >= 0.6 is 0 Å². The minimum Gasteiger partial charge on any atom is -0.465 e. The van der Waals surface area contributed by atoms with Crippen LogP contribution in [0.2, 0.25) is 0 Å². The van der Waals surface area contributed by atoms with Gasteiger partial charge in [-0.3, -0.25) is 9.69 Å². The molecule has 0 aromatic heterocycles. The van der Waals surface area contributed by atoms with Crippen molar-refractivity contribution in [2.24, 2.45) is 5.92 Å². The van der Waals surface area contributed by atoms with Gasteiger partial charge in [0.2, 0.25) is 0 Å². The van der Waals surface area contributed by atoms with Crippen LogP contribution in [-0.2, 0) is 9.53 Å². The van der Waals surface area contributed by atoms with Gasteiger partial charge in [-0.25, -0.2) is 0 Å². The van der Waals surface area contributed by atoms with Gasteiger partial charge in [-0.1, -0.05) is 20.3 Å². The first-order chi connectivity index (χ1) is 6.60. The van der Waals surface area contributed by atoms with E-state index in [1.54, 1.807) is 0 Å². The standard InChI is InChI=1S/C11H23NO2/c1-5-7-10(3)8-12(4)9-11(13)14-6-2/h10H,5-9H2,1-4H3. The van der Waals surface area contributed by atoms with Crippen molar-refractivity contribution in [1.29, 1.82) is 0 Å². The van der Waals surface area contributed by atoms with Crippen LogP contribution in [0.3, 0.4) is 0 Å². The van der Waals surface area contributed by atoms with Crippen molar-refractivity contribution in [2.45, 2.75) is 33.6 Å². The summed E-state index contributed by atoms with van der Waals surface area (Å²) < 4.78 is 4.87. The average molecular weight is 201 g/mol. The van der Waals surface area contributed by atoms with Crippen LogP contribution in [-0.4, -0.2) is 37.6 Å². The van der Waals surface area contributed by atoms with E-state index in [0.717, 1.165) is 6.54 Å². The lowest BCUT2D eigenvalue weighted by Crippen LogP contribution is -2.31. The Hall–Kier alpha value is -0.570. The lowest BCUT2D eigenvalue weighted by molar-refractivity contribution is -0.144. The Labute approximate surface area is 87.4 Å². The van der Waals surface area contributed by atoms with Gasteiger partial charge in [0.1, 0.15) is 0 Å². The summed E-state index contributed by atoms with van der Waals surface area (Å²) in [6, 6.07) is 0. The van der Waals surface area contributed by atoms with Crippen molar-refractivity contribution < 1.29 is 9.53 Å². The highest BCUT2D eigenvalue weighted by Gasteiger charge is 2.09. The van der Waals surface area contributed by atoms with Crippen LogP contribution in [0.4, 0.5) is 0 Å². The van der Waals surface area contributed by atoms with E-state index >= 15 is 0 Å². The van der Waals surface area contributed by atoms with E-state index in [4.69, 9.17) is 4.74 Å². The minimum absolute atomic E-state index is 0.126. The van der Waals surface area contributed by atoms with Gasteiger partial charge in [0.25, 0.3) is 0 Å². The van der Waals surface area contributed by atoms with E-state index in [-0.39, 0.29) is 5.97 Å². The Morgan fingerprint density at radius 3 is 2.57 bits per heavy atom. The van der Waals surface area contributed by atoms with E-state index in [1.165, 1.54) is 12.8 Å². The number of rotatable bonds is 7. The number of esters is 1. The van der Waals surface area contributed by atoms with Crippen LogP contribution in [0.15, 0.2) is 0 Å². The van der Waals surface area contributed by atoms with E-state index in [9.17, 15) is 4.79 Å². The van der Waals surface area contributed by atoms with Crippen LogP contribution in [0.25, 0.3) is 0 Å². The molecule has 3 heteroatoms. The number of ether oxygens (including phenoxy) is 1.